The average Bonchev–Trinajstić information content (AvgIpc) is 2.77. The van der Waals surface area contributed by atoms with Crippen molar-refractivity contribution in [1.29, 1.82) is 0 Å². The van der Waals surface area contributed by atoms with Crippen LogP contribution in [-0.4, -0.2) is 37.1 Å². The normalized spacial score (nSPS) is 31.2. The molecule has 0 spiro atoms. The molecule has 88 valence electrons. The summed E-state index contributed by atoms with van der Waals surface area (Å²) in [7, 11) is 2.23. The molecule has 0 aromatic heterocycles. The molecule has 2 heteroatoms. The van der Waals surface area contributed by atoms with Crippen LogP contribution in [-0.2, 0) is 0 Å². The Kier molecular flexibility index (Phi) is 4.04. The van der Waals surface area contributed by atoms with Gasteiger partial charge in [-0.2, -0.15) is 0 Å². The maximum Gasteiger partial charge on any atom is 0.0209 e. The summed E-state index contributed by atoms with van der Waals surface area (Å²) in [4.78, 5) is 2.43. The zero-order valence-corrected chi connectivity index (χ0v) is 10.3. The van der Waals surface area contributed by atoms with E-state index >= 15 is 0 Å². The van der Waals surface area contributed by atoms with Crippen LogP contribution in [0.15, 0.2) is 0 Å². The summed E-state index contributed by atoms with van der Waals surface area (Å²) in [5.74, 6) is 1.02. The second kappa shape index (κ2) is 5.31. The molecule has 0 aromatic rings. The molecule has 0 amide bonds. The minimum atomic E-state index is 0.726. The van der Waals surface area contributed by atoms with E-state index in [-0.39, 0.29) is 0 Å². The van der Waals surface area contributed by atoms with E-state index in [0.29, 0.717) is 0 Å². The minimum Gasteiger partial charge on any atom is -0.310 e. The first-order chi connectivity index (χ1) is 7.24. The molecular weight excluding hydrogens is 184 g/mol. The molecule has 2 nitrogen and oxygen atoms in total. The Morgan fingerprint density at radius 3 is 2.60 bits per heavy atom. The van der Waals surface area contributed by atoms with Gasteiger partial charge in [-0.05, 0) is 39.3 Å². The van der Waals surface area contributed by atoms with Crippen LogP contribution in [0, 0.1) is 5.92 Å². The van der Waals surface area contributed by atoms with Gasteiger partial charge in [0.15, 0.2) is 0 Å². The second-order valence-electron chi connectivity index (χ2n) is 5.70. The maximum absolute atomic E-state index is 3.79. The van der Waals surface area contributed by atoms with Crippen LogP contribution in [0.3, 0.4) is 0 Å². The number of nitrogens with one attached hydrogen (secondary N) is 1. The number of nitrogens with zero attached hydrogens (tertiary/aromatic N) is 1. The van der Waals surface area contributed by atoms with Crippen LogP contribution < -0.4 is 5.32 Å². The molecule has 0 bridgehead atoms. The van der Waals surface area contributed by atoms with Gasteiger partial charge in [0.05, 0.1) is 0 Å². The Balaban J connectivity index is 1.65. The van der Waals surface area contributed by atoms with Crippen molar-refractivity contribution < 1.29 is 0 Å². The lowest BCUT2D eigenvalue weighted by Crippen LogP contribution is -2.38. The second-order valence-corrected chi connectivity index (χ2v) is 5.70. The van der Waals surface area contributed by atoms with Crippen molar-refractivity contribution in [3.8, 4) is 0 Å². The van der Waals surface area contributed by atoms with Crippen LogP contribution in [0.2, 0.25) is 0 Å². The largest absolute Gasteiger partial charge is 0.310 e. The Labute approximate surface area is 94.4 Å². The Morgan fingerprint density at radius 1 is 1.27 bits per heavy atom. The van der Waals surface area contributed by atoms with Crippen LogP contribution in [0.1, 0.15) is 45.4 Å². The minimum absolute atomic E-state index is 0.726. The molecule has 2 aliphatic rings. The Hall–Kier alpha value is -0.0800. The number of likely N-dealkylation sites (tertiary alicyclic amines) is 1. The maximum atomic E-state index is 3.79. The number of hydrogen-bond acceptors (Lipinski definition) is 2. The van der Waals surface area contributed by atoms with Gasteiger partial charge in [-0.25, -0.2) is 0 Å². The van der Waals surface area contributed by atoms with Gasteiger partial charge in [0.2, 0.25) is 0 Å². The lowest BCUT2D eigenvalue weighted by atomic mass is 9.99. The highest BCUT2D eigenvalue weighted by Crippen LogP contribution is 2.28. The lowest BCUT2D eigenvalue weighted by Gasteiger charge is -2.22. The molecule has 2 rings (SSSR count). The predicted molar refractivity (Wildman–Crippen MR) is 65.1 cm³/mol. The van der Waals surface area contributed by atoms with Gasteiger partial charge in [0.25, 0.3) is 0 Å². The van der Waals surface area contributed by atoms with E-state index in [1.54, 1.807) is 0 Å². The SMILES string of the molecule is CC(CC1CCCC1)NC1CCN(C)C1. The van der Waals surface area contributed by atoms with E-state index in [0.717, 1.165) is 18.0 Å². The molecule has 1 aliphatic heterocycles. The van der Waals surface area contributed by atoms with Crippen molar-refractivity contribution in [2.45, 2.75) is 57.5 Å². The zero-order chi connectivity index (χ0) is 10.7. The molecule has 1 aliphatic carbocycles. The van der Waals surface area contributed by atoms with E-state index in [2.05, 4.69) is 24.2 Å². The van der Waals surface area contributed by atoms with Gasteiger partial charge < -0.3 is 10.2 Å². The van der Waals surface area contributed by atoms with Crippen LogP contribution in [0.5, 0.6) is 0 Å². The summed E-state index contributed by atoms with van der Waals surface area (Å²) in [5.41, 5.74) is 0. The van der Waals surface area contributed by atoms with E-state index in [9.17, 15) is 0 Å². The molecule has 1 N–H and O–H groups in total. The van der Waals surface area contributed by atoms with Crippen molar-refractivity contribution in [2.24, 2.45) is 5.92 Å². The molecule has 1 saturated carbocycles. The number of likely N-dealkylation sites (N-methyl/N-ethyl adjacent to an activating group) is 1. The standard InChI is InChI=1S/C13H26N2/c1-11(9-12-5-3-4-6-12)14-13-7-8-15(2)10-13/h11-14H,3-10H2,1-2H3. The van der Waals surface area contributed by atoms with Crippen LogP contribution in [0.4, 0.5) is 0 Å². The predicted octanol–water partition coefficient (Wildman–Crippen LogP) is 2.25. The third kappa shape index (κ3) is 3.46. The molecular formula is C13H26N2. The van der Waals surface area contributed by atoms with E-state index in [1.807, 2.05) is 0 Å². The van der Waals surface area contributed by atoms with Gasteiger partial charge >= 0.3 is 0 Å². The van der Waals surface area contributed by atoms with Gasteiger partial charge in [-0.1, -0.05) is 25.7 Å². The average molecular weight is 210 g/mol. The van der Waals surface area contributed by atoms with Crippen molar-refractivity contribution in [1.82, 2.24) is 10.2 Å². The third-order valence-corrected chi connectivity index (χ3v) is 4.07. The number of hydrogen-bond donors (Lipinski definition) is 1. The fraction of sp³-hybridized carbons (Fsp3) is 1.00. The molecule has 2 fully saturated rings. The first-order valence-corrected chi connectivity index (χ1v) is 6.68. The van der Waals surface area contributed by atoms with Gasteiger partial charge in [0, 0.05) is 18.6 Å². The molecule has 1 saturated heterocycles. The molecule has 2 atom stereocenters. The van der Waals surface area contributed by atoms with E-state index < -0.39 is 0 Å². The Bertz CT molecular complexity index is 187. The van der Waals surface area contributed by atoms with Crippen molar-refractivity contribution in [2.75, 3.05) is 20.1 Å². The summed E-state index contributed by atoms with van der Waals surface area (Å²) < 4.78 is 0. The molecule has 15 heavy (non-hydrogen) atoms. The molecule has 0 radical (unpaired) electrons. The van der Waals surface area contributed by atoms with Crippen molar-refractivity contribution in [3.63, 3.8) is 0 Å². The van der Waals surface area contributed by atoms with Gasteiger partial charge in [-0.3, -0.25) is 0 Å². The first kappa shape index (κ1) is 11.4. The molecule has 1 heterocycles. The lowest BCUT2D eigenvalue weighted by molar-refractivity contribution is 0.353. The van der Waals surface area contributed by atoms with Crippen molar-refractivity contribution >= 4 is 0 Å². The van der Waals surface area contributed by atoms with E-state index in [1.165, 1.54) is 51.6 Å². The third-order valence-electron chi connectivity index (χ3n) is 4.07. The van der Waals surface area contributed by atoms with Gasteiger partial charge in [0.1, 0.15) is 0 Å². The fourth-order valence-corrected chi connectivity index (χ4v) is 3.29. The summed E-state index contributed by atoms with van der Waals surface area (Å²) in [5, 5.41) is 3.79. The molecule has 2 unspecified atom stereocenters. The summed E-state index contributed by atoms with van der Waals surface area (Å²) in [6, 6.07) is 1.48. The quantitative estimate of drug-likeness (QED) is 0.765. The number of rotatable bonds is 4. The fourth-order valence-electron chi connectivity index (χ4n) is 3.29. The Morgan fingerprint density at radius 2 is 2.00 bits per heavy atom. The van der Waals surface area contributed by atoms with Crippen LogP contribution >= 0.6 is 0 Å². The van der Waals surface area contributed by atoms with E-state index in [4.69, 9.17) is 0 Å². The summed E-state index contributed by atoms with van der Waals surface area (Å²) in [6.45, 7) is 4.89. The summed E-state index contributed by atoms with van der Waals surface area (Å²) in [6.07, 6.45) is 8.66. The monoisotopic (exact) mass is 210 g/mol. The van der Waals surface area contributed by atoms with Gasteiger partial charge in [-0.15, -0.1) is 0 Å². The molecule has 0 aromatic carbocycles. The highest BCUT2D eigenvalue weighted by atomic mass is 15.2. The first-order valence-electron chi connectivity index (χ1n) is 6.68. The zero-order valence-electron chi connectivity index (χ0n) is 10.3. The topological polar surface area (TPSA) is 15.3 Å². The smallest absolute Gasteiger partial charge is 0.0209 e. The highest BCUT2D eigenvalue weighted by molar-refractivity contribution is 4.82. The summed E-state index contributed by atoms with van der Waals surface area (Å²) >= 11 is 0. The van der Waals surface area contributed by atoms with Crippen molar-refractivity contribution in [3.05, 3.63) is 0 Å². The highest BCUT2D eigenvalue weighted by Gasteiger charge is 2.23. The van der Waals surface area contributed by atoms with Crippen LogP contribution in [0.25, 0.3) is 0 Å².